The summed E-state index contributed by atoms with van der Waals surface area (Å²) in [6.07, 6.45) is 0. The van der Waals surface area contributed by atoms with Crippen LogP contribution in [-0.4, -0.2) is 46.2 Å². The summed E-state index contributed by atoms with van der Waals surface area (Å²) >= 11 is 0. The van der Waals surface area contributed by atoms with Crippen LogP contribution >= 0.6 is 0 Å². The Morgan fingerprint density at radius 3 is 2.75 bits per heavy atom. The molecule has 0 aromatic heterocycles. The van der Waals surface area contributed by atoms with Crippen LogP contribution in [0.4, 0.5) is 0 Å². The van der Waals surface area contributed by atoms with E-state index in [1.165, 1.54) is 0 Å². The Morgan fingerprint density at radius 1 is 1.40 bits per heavy atom. The van der Waals surface area contributed by atoms with Crippen LogP contribution in [0.15, 0.2) is 18.2 Å². The molecule has 0 aliphatic carbocycles. The summed E-state index contributed by atoms with van der Waals surface area (Å²) in [5.41, 5.74) is 7.76. The number of hydrogen-bond donors (Lipinski definition) is 1. The van der Waals surface area contributed by atoms with Gasteiger partial charge in [0.15, 0.2) is 0 Å². The number of hydrogen-bond acceptors (Lipinski definition) is 3. The fourth-order valence-electron chi connectivity index (χ4n) is 2.16. The van der Waals surface area contributed by atoms with Crippen molar-refractivity contribution in [2.75, 3.05) is 31.1 Å². The van der Waals surface area contributed by atoms with Crippen LogP contribution in [0.2, 0.25) is 0 Å². The van der Waals surface area contributed by atoms with Crippen molar-refractivity contribution >= 4 is 16.7 Å². The second-order valence-corrected chi connectivity index (χ2v) is 6.32. The molecular formula is C15H18N2O2S. The maximum Gasteiger partial charge on any atom is 0.254 e. The lowest BCUT2D eigenvalue weighted by Gasteiger charge is -2.27. The van der Waals surface area contributed by atoms with Gasteiger partial charge in [-0.2, -0.15) is 0 Å². The van der Waals surface area contributed by atoms with Gasteiger partial charge in [0, 0.05) is 46.5 Å². The molecule has 1 aliphatic heterocycles. The number of carbonyl (C=O) groups excluding carboxylic acids is 1. The lowest BCUT2D eigenvalue weighted by atomic mass is 10.0. The minimum absolute atomic E-state index is 0.00408. The van der Waals surface area contributed by atoms with E-state index >= 15 is 0 Å². The normalized spacial score (nSPS) is 15.6. The average molecular weight is 290 g/mol. The van der Waals surface area contributed by atoms with Crippen molar-refractivity contribution in [2.24, 2.45) is 5.73 Å². The summed E-state index contributed by atoms with van der Waals surface area (Å²) in [6, 6.07) is 5.54. The largest absolute Gasteiger partial charge is 0.337 e. The van der Waals surface area contributed by atoms with Crippen molar-refractivity contribution in [2.45, 2.75) is 6.92 Å². The minimum Gasteiger partial charge on any atom is -0.337 e. The first kappa shape index (κ1) is 14.8. The highest BCUT2D eigenvalue weighted by Gasteiger charge is 2.22. The van der Waals surface area contributed by atoms with E-state index in [0.29, 0.717) is 36.7 Å². The molecule has 0 unspecified atom stereocenters. The molecule has 1 heterocycles. The molecule has 20 heavy (non-hydrogen) atoms. The predicted octanol–water partition coefficient (Wildman–Crippen LogP) is 0.510. The number of nitrogens with zero attached hydrogens (tertiary/aromatic N) is 1. The highest BCUT2D eigenvalue weighted by molar-refractivity contribution is 7.85. The molecule has 1 aromatic carbocycles. The van der Waals surface area contributed by atoms with Gasteiger partial charge in [-0.25, -0.2) is 0 Å². The Balaban J connectivity index is 2.24. The van der Waals surface area contributed by atoms with Gasteiger partial charge in [0.25, 0.3) is 5.91 Å². The quantitative estimate of drug-likeness (QED) is 0.767. The fourth-order valence-corrected chi connectivity index (χ4v) is 3.21. The van der Waals surface area contributed by atoms with Gasteiger partial charge < -0.3 is 10.6 Å². The van der Waals surface area contributed by atoms with Crippen LogP contribution in [0.3, 0.4) is 0 Å². The lowest BCUT2D eigenvalue weighted by molar-refractivity contribution is 0.0770. The number of benzene rings is 1. The topological polar surface area (TPSA) is 63.4 Å². The molecular weight excluding hydrogens is 272 g/mol. The van der Waals surface area contributed by atoms with E-state index in [4.69, 9.17) is 5.73 Å². The van der Waals surface area contributed by atoms with Gasteiger partial charge in [-0.05, 0) is 24.6 Å². The summed E-state index contributed by atoms with van der Waals surface area (Å²) in [5, 5.41) is 0. The zero-order chi connectivity index (χ0) is 14.5. The van der Waals surface area contributed by atoms with Gasteiger partial charge in [-0.1, -0.05) is 17.9 Å². The smallest absolute Gasteiger partial charge is 0.254 e. The first-order valence-electron chi connectivity index (χ1n) is 6.56. The van der Waals surface area contributed by atoms with Crippen LogP contribution in [0, 0.1) is 18.8 Å². The fraction of sp³-hybridized carbons (Fsp3) is 0.400. The second kappa shape index (κ2) is 6.69. The Hall–Kier alpha value is -1.64. The molecule has 1 saturated heterocycles. The van der Waals surface area contributed by atoms with Crippen LogP contribution in [0.5, 0.6) is 0 Å². The zero-order valence-corrected chi connectivity index (χ0v) is 12.3. The van der Waals surface area contributed by atoms with E-state index < -0.39 is 10.8 Å². The Bertz CT molecular complexity index is 592. The van der Waals surface area contributed by atoms with Crippen molar-refractivity contribution in [1.82, 2.24) is 4.90 Å². The molecule has 0 radical (unpaired) electrons. The summed E-state index contributed by atoms with van der Waals surface area (Å²) in [5.74, 6) is 6.92. The third-order valence-electron chi connectivity index (χ3n) is 3.35. The van der Waals surface area contributed by atoms with E-state index in [1.807, 2.05) is 25.1 Å². The maximum absolute atomic E-state index is 12.5. The number of amides is 1. The summed E-state index contributed by atoms with van der Waals surface area (Å²) in [4.78, 5) is 14.3. The molecule has 1 fully saturated rings. The van der Waals surface area contributed by atoms with Crippen molar-refractivity contribution in [1.29, 1.82) is 0 Å². The minimum atomic E-state index is -0.778. The molecule has 1 amide bonds. The van der Waals surface area contributed by atoms with E-state index in [-0.39, 0.29) is 5.91 Å². The van der Waals surface area contributed by atoms with Gasteiger partial charge >= 0.3 is 0 Å². The zero-order valence-electron chi connectivity index (χ0n) is 11.5. The Kier molecular flexibility index (Phi) is 4.94. The van der Waals surface area contributed by atoms with Crippen LogP contribution in [0.25, 0.3) is 0 Å². The predicted molar refractivity (Wildman–Crippen MR) is 80.9 cm³/mol. The van der Waals surface area contributed by atoms with Crippen molar-refractivity contribution in [3.63, 3.8) is 0 Å². The molecule has 5 heteroatoms. The summed E-state index contributed by atoms with van der Waals surface area (Å²) in [6.45, 7) is 3.32. The standard InChI is InChI=1S/C15H18N2O2S/c1-12-13(5-3-7-16)4-2-6-14(12)15(18)17-8-10-20(19)11-9-17/h2,4,6H,7-11,16H2,1H3. The van der Waals surface area contributed by atoms with E-state index in [1.54, 1.807) is 4.90 Å². The van der Waals surface area contributed by atoms with Crippen molar-refractivity contribution in [3.05, 3.63) is 34.9 Å². The number of nitrogens with two attached hydrogens (primary N) is 1. The van der Waals surface area contributed by atoms with Crippen LogP contribution in [0.1, 0.15) is 21.5 Å². The summed E-state index contributed by atoms with van der Waals surface area (Å²) in [7, 11) is -0.778. The van der Waals surface area contributed by atoms with E-state index in [9.17, 15) is 9.00 Å². The Morgan fingerprint density at radius 2 is 2.10 bits per heavy atom. The third-order valence-corrected chi connectivity index (χ3v) is 4.63. The van der Waals surface area contributed by atoms with Crippen molar-refractivity contribution in [3.8, 4) is 11.8 Å². The number of rotatable bonds is 1. The highest BCUT2D eigenvalue weighted by atomic mass is 32.2. The van der Waals surface area contributed by atoms with Gasteiger partial charge in [0.1, 0.15) is 0 Å². The average Bonchev–Trinajstić information content (AvgIpc) is 2.46. The molecule has 0 bridgehead atoms. The second-order valence-electron chi connectivity index (χ2n) is 4.62. The molecule has 4 nitrogen and oxygen atoms in total. The highest BCUT2D eigenvalue weighted by Crippen LogP contribution is 2.16. The molecule has 2 rings (SSSR count). The molecule has 0 atom stereocenters. The molecule has 0 spiro atoms. The van der Waals surface area contributed by atoms with Gasteiger partial charge in [-0.3, -0.25) is 9.00 Å². The van der Waals surface area contributed by atoms with E-state index in [2.05, 4.69) is 11.8 Å². The lowest BCUT2D eigenvalue weighted by Crippen LogP contribution is -2.42. The van der Waals surface area contributed by atoms with Crippen LogP contribution < -0.4 is 5.73 Å². The van der Waals surface area contributed by atoms with Crippen LogP contribution in [-0.2, 0) is 10.8 Å². The first-order chi connectivity index (χ1) is 9.63. The molecule has 2 N–H and O–H groups in total. The number of carbonyl (C=O) groups is 1. The SMILES string of the molecule is Cc1c(C#CCN)cccc1C(=O)N1CCS(=O)CC1. The van der Waals surface area contributed by atoms with Crippen molar-refractivity contribution < 1.29 is 9.00 Å². The molecule has 0 saturated carbocycles. The van der Waals surface area contributed by atoms with Gasteiger partial charge in [0.05, 0.1) is 6.54 Å². The molecule has 106 valence electrons. The molecule has 1 aliphatic rings. The first-order valence-corrected chi connectivity index (χ1v) is 8.05. The van der Waals surface area contributed by atoms with Gasteiger partial charge in [-0.15, -0.1) is 0 Å². The van der Waals surface area contributed by atoms with E-state index in [0.717, 1.165) is 11.1 Å². The molecule has 1 aromatic rings. The monoisotopic (exact) mass is 290 g/mol. The third kappa shape index (κ3) is 3.27. The maximum atomic E-state index is 12.5. The van der Waals surface area contributed by atoms with Gasteiger partial charge in [0.2, 0.25) is 0 Å². The summed E-state index contributed by atoms with van der Waals surface area (Å²) < 4.78 is 11.4. The Labute approximate surface area is 121 Å².